The van der Waals surface area contributed by atoms with E-state index < -0.39 is 5.97 Å². The van der Waals surface area contributed by atoms with E-state index in [1.54, 1.807) is 11.3 Å². The van der Waals surface area contributed by atoms with Gasteiger partial charge in [-0.3, -0.25) is 4.79 Å². The van der Waals surface area contributed by atoms with Gasteiger partial charge in [0.2, 0.25) is 5.89 Å². The van der Waals surface area contributed by atoms with Crippen molar-refractivity contribution in [3.05, 3.63) is 53.5 Å². The van der Waals surface area contributed by atoms with Crippen LogP contribution in [0, 0.1) is 0 Å². The summed E-state index contributed by atoms with van der Waals surface area (Å²) >= 11 is 3.10. The molecule has 0 aliphatic rings. The number of hydrogen-bond acceptors (Lipinski definition) is 5. The molecule has 114 valence electrons. The van der Waals surface area contributed by atoms with Crippen LogP contribution in [0.5, 0.6) is 0 Å². The summed E-state index contributed by atoms with van der Waals surface area (Å²) in [6, 6.07) is 13.9. The van der Waals surface area contributed by atoms with Crippen molar-refractivity contribution in [1.29, 1.82) is 0 Å². The Morgan fingerprint density at radius 3 is 2.78 bits per heavy atom. The fourth-order valence-electron chi connectivity index (χ4n) is 2.41. The minimum atomic E-state index is -0.918. The molecule has 0 radical (unpaired) electrons. The van der Waals surface area contributed by atoms with Gasteiger partial charge in [-0.05, 0) is 29.0 Å². The largest absolute Gasteiger partial charge is 0.481 e. The van der Waals surface area contributed by atoms with Crippen LogP contribution in [0.2, 0.25) is 0 Å². The van der Waals surface area contributed by atoms with Crippen molar-refractivity contribution in [2.75, 3.05) is 0 Å². The number of nitrogens with zero attached hydrogens (tertiary/aromatic N) is 1. The summed E-state index contributed by atoms with van der Waals surface area (Å²) in [5.74, 6) is 0.111. The highest BCUT2D eigenvalue weighted by Gasteiger charge is 2.20. The first kappa shape index (κ1) is 14.2. The van der Waals surface area contributed by atoms with Gasteiger partial charge in [0.25, 0.3) is 0 Å². The third kappa shape index (κ3) is 2.67. The fraction of sp³-hybridized carbons (Fsp3) is 0.0588. The SMILES string of the molecule is O=C(O)Cc1nc(-c2cc3ccccc3s2)oc1-c1cccs1. The molecule has 0 aliphatic heterocycles. The summed E-state index contributed by atoms with van der Waals surface area (Å²) in [5, 5.41) is 12.2. The molecule has 4 nitrogen and oxygen atoms in total. The highest BCUT2D eigenvalue weighted by atomic mass is 32.1. The Bertz CT molecular complexity index is 950. The van der Waals surface area contributed by atoms with Gasteiger partial charge in [-0.15, -0.1) is 22.7 Å². The van der Waals surface area contributed by atoms with E-state index in [1.807, 2.05) is 47.8 Å². The molecular formula is C17H11NO3S2. The number of carbonyl (C=O) groups is 1. The Balaban J connectivity index is 1.84. The van der Waals surface area contributed by atoms with Gasteiger partial charge in [0.15, 0.2) is 5.76 Å². The number of aliphatic carboxylic acids is 1. The van der Waals surface area contributed by atoms with Crippen molar-refractivity contribution in [3.8, 4) is 21.4 Å². The number of fused-ring (bicyclic) bond motifs is 1. The van der Waals surface area contributed by atoms with Gasteiger partial charge in [-0.2, -0.15) is 0 Å². The Kier molecular flexibility index (Phi) is 3.48. The molecule has 0 spiro atoms. The molecule has 1 aromatic carbocycles. The van der Waals surface area contributed by atoms with Gasteiger partial charge in [0, 0.05) is 4.70 Å². The highest BCUT2D eigenvalue weighted by Crippen LogP contribution is 2.37. The zero-order valence-electron chi connectivity index (χ0n) is 11.9. The van der Waals surface area contributed by atoms with Gasteiger partial charge < -0.3 is 9.52 Å². The summed E-state index contributed by atoms with van der Waals surface area (Å²) in [6.45, 7) is 0. The van der Waals surface area contributed by atoms with Gasteiger partial charge in [-0.1, -0.05) is 24.3 Å². The molecule has 0 amide bonds. The molecule has 0 unspecified atom stereocenters. The molecule has 3 aromatic heterocycles. The number of oxazole rings is 1. The maximum atomic E-state index is 11.1. The number of thiophene rings is 2. The molecule has 23 heavy (non-hydrogen) atoms. The maximum absolute atomic E-state index is 11.1. The molecule has 0 saturated heterocycles. The monoisotopic (exact) mass is 341 g/mol. The Hall–Kier alpha value is -2.44. The van der Waals surface area contributed by atoms with Crippen LogP contribution in [0.4, 0.5) is 0 Å². The van der Waals surface area contributed by atoms with Crippen molar-refractivity contribution in [3.63, 3.8) is 0 Å². The van der Waals surface area contributed by atoms with Crippen LogP contribution in [-0.2, 0) is 11.2 Å². The van der Waals surface area contributed by atoms with E-state index in [9.17, 15) is 4.79 Å². The van der Waals surface area contributed by atoms with Crippen LogP contribution in [0.1, 0.15) is 5.69 Å². The van der Waals surface area contributed by atoms with Crippen LogP contribution in [-0.4, -0.2) is 16.1 Å². The van der Waals surface area contributed by atoms with Crippen molar-refractivity contribution >= 4 is 38.7 Å². The van der Waals surface area contributed by atoms with Gasteiger partial charge in [0.1, 0.15) is 0 Å². The third-order valence-corrected chi connectivity index (χ3v) is 5.37. The quantitative estimate of drug-likeness (QED) is 0.573. The molecule has 0 bridgehead atoms. The normalized spacial score (nSPS) is 11.1. The average molecular weight is 341 g/mol. The lowest BCUT2D eigenvalue weighted by Gasteiger charge is -1.93. The van der Waals surface area contributed by atoms with Crippen molar-refractivity contribution in [2.24, 2.45) is 0 Å². The van der Waals surface area contributed by atoms with Crippen LogP contribution in [0.3, 0.4) is 0 Å². The van der Waals surface area contributed by atoms with E-state index in [0.717, 1.165) is 19.8 Å². The lowest BCUT2D eigenvalue weighted by molar-refractivity contribution is -0.136. The van der Waals surface area contributed by atoms with Gasteiger partial charge in [-0.25, -0.2) is 4.98 Å². The van der Waals surface area contributed by atoms with E-state index in [-0.39, 0.29) is 6.42 Å². The second-order valence-corrected chi connectivity index (χ2v) is 7.02. The predicted molar refractivity (Wildman–Crippen MR) is 92.0 cm³/mol. The number of hydrogen-bond donors (Lipinski definition) is 1. The van der Waals surface area contributed by atoms with Crippen LogP contribution in [0.15, 0.2) is 52.3 Å². The van der Waals surface area contributed by atoms with Crippen molar-refractivity contribution < 1.29 is 14.3 Å². The van der Waals surface area contributed by atoms with E-state index in [2.05, 4.69) is 4.98 Å². The van der Waals surface area contributed by atoms with E-state index in [4.69, 9.17) is 9.52 Å². The topological polar surface area (TPSA) is 63.3 Å². The minimum absolute atomic E-state index is 0.151. The molecule has 1 N–H and O–H groups in total. The summed E-state index contributed by atoms with van der Waals surface area (Å²) in [7, 11) is 0. The second kappa shape index (κ2) is 5.64. The van der Waals surface area contributed by atoms with Crippen molar-refractivity contribution in [2.45, 2.75) is 6.42 Å². The zero-order valence-corrected chi connectivity index (χ0v) is 13.5. The molecule has 6 heteroatoms. The van der Waals surface area contributed by atoms with Crippen LogP contribution in [0.25, 0.3) is 31.5 Å². The summed E-state index contributed by atoms with van der Waals surface area (Å²) in [6.07, 6.45) is -0.151. The smallest absolute Gasteiger partial charge is 0.309 e. The third-order valence-electron chi connectivity index (χ3n) is 3.40. The summed E-state index contributed by atoms with van der Waals surface area (Å²) in [5.41, 5.74) is 0.465. The lowest BCUT2D eigenvalue weighted by atomic mass is 10.2. The van der Waals surface area contributed by atoms with Crippen LogP contribution < -0.4 is 0 Å². The standard InChI is InChI=1S/C17H11NO3S2/c19-15(20)9-11-16(13-6-3-7-22-13)21-17(18-11)14-8-10-4-1-2-5-12(10)23-14/h1-8H,9H2,(H,19,20). The summed E-state index contributed by atoms with van der Waals surface area (Å²) < 4.78 is 7.07. The number of carboxylic acid groups (broad SMARTS) is 1. The molecule has 0 aliphatic carbocycles. The molecular weight excluding hydrogens is 330 g/mol. The second-order valence-electron chi connectivity index (χ2n) is 4.99. The lowest BCUT2D eigenvalue weighted by Crippen LogP contribution is -2.01. The average Bonchev–Trinajstić information content (AvgIpc) is 3.25. The number of carboxylic acids is 1. The van der Waals surface area contributed by atoms with E-state index in [0.29, 0.717) is 17.3 Å². The van der Waals surface area contributed by atoms with E-state index >= 15 is 0 Å². The molecule has 0 fully saturated rings. The molecule has 0 atom stereocenters. The molecule has 0 saturated carbocycles. The van der Waals surface area contributed by atoms with E-state index in [1.165, 1.54) is 11.3 Å². The Morgan fingerprint density at radius 2 is 2.04 bits per heavy atom. The minimum Gasteiger partial charge on any atom is -0.481 e. The number of rotatable bonds is 4. The number of benzene rings is 1. The van der Waals surface area contributed by atoms with Gasteiger partial charge in [0.05, 0.1) is 21.9 Å². The first-order valence-corrected chi connectivity index (χ1v) is 8.64. The maximum Gasteiger partial charge on any atom is 0.309 e. The highest BCUT2D eigenvalue weighted by molar-refractivity contribution is 7.22. The predicted octanol–water partition coefficient (Wildman–Crippen LogP) is 4.91. The van der Waals surface area contributed by atoms with Crippen molar-refractivity contribution in [1.82, 2.24) is 4.98 Å². The van der Waals surface area contributed by atoms with Gasteiger partial charge >= 0.3 is 5.97 Å². The zero-order chi connectivity index (χ0) is 15.8. The first-order chi connectivity index (χ1) is 11.2. The molecule has 4 aromatic rings. The Morgan fingerprint density at radius 1 is 1.17 bits per heavy atom. The van der Waals surface area contributed by atoms with Crippen LogP contribution >= 0.6 is 22.7 Å². The molecule has 4 rings (SSSR count). The Labute approximate surface area is 139 Å². The number of aromatic nitrogens is 1. The first-order valence-electron chi connectivity index (χ1n) is 6.95. The molecule has 3 heterocycles. The summed E-state index contributed by atoms with van der Waals surface area (Å²) in [4.78, 5) is 17.3. The fourth-order valence-corrected chi connectivity index (χ4v) is 4.12.